The van der Waals surface area contributed by atoms with Gasteiger partial charge in [-0.1, -0.05) is 19.1 Å². The molecule has 3 aromatic rings. The van der Waals surface area contributed by atoms with E-state index in [0.717, 1.165) is 60.5 Å². The summed E-state index contributed by atoms with van der Waals surface area (Å²) in [4.78, 5) is 15.9. The van der Waals surface area contributed by atoms with Gasteiger partial charge in [0.1, 0.15) is 6.04 Å². The van der Waals surface area contributed by atoms with Gasteiger partial charge in [-0.15, -0.1) is 0 Å². The van der Waals surface area contributed by atoms with Crippen LogP contribution in [0, 0.1) is 5.92 Å². The van der Waals surface area contributed by atoms with Gasteiger partial charge in [-0.3, -0.25) is 4.79 Å². The summed E-state index contributed by atoms with van der Waals surface area (Å²) in [6.07, 6.45) is 2.72. The normalized spacial score (nSPS) is 18.5. The predicted molar refractivity (Wildman–Crippen MR) is 134 cm³/mol. The maximum atomic E-state index is 13.9. The average molecular weight is 483 g/mol. The highest BCUT2D eigenvalue weighted by Crippen LogP contribution is 2.35. The molecular formula is C26H32F2N6O. The zero-order chi connectivity index (χ0) is 24.4. The van der Waals surface area contributed by atoms with Crippen LogP contribution in [0.5, 0.6) is 0 Å². The lowest BCUT2D eigenvalue weighted by molar-refractivity contribution is -0.139. The first-order valence-corrected chi connectivity index (χ1v) is 12.4. The summed E-state index contributed by atoms with van der Waals surface area (Å²) in [5.41, 5.74) is 4.86. The van der Waals surface area contributed by atoms with Crippen molar-refractivity contribution in [1.82, 2.24) is 19.8 Å². The number of hydrogen-bond acceptors (Lipinski definition) is 5. The van der Waals surface area contributed by atoms with Gasteiger partial charge in [-0.25, -0.2) is 13.3 Å². The molecule has 1 amide bonds. The van der Waals surface area contributed by atoms with Crippen molar-refractivity contribution in [3.63, 3.8) is 0 Å². The van der Waals surface area contributed by atoms with Crippen molar-refractivity contribution in [3.8, 4) is 11.1 Å². The van der Waals surface area contributed by atoms with Gasteiger partial charge in [0.25, 0.3) is 6.43 Å². The van der Waals surface area contributed by atoms with Gasteiger partial charge in [0, 0.05) is 62.3 Å². The number of carbonyl (C=O) groups is 1. The molecule has 2 aliphatic rings. The van der Waals surface area contributed by atoms with Crippen LogP contribution in [-0.4, -0.2) is 72.2 Å². The smallest absolute Gasteiger partial charge is 0.260 e. The number of hydrogen-bond donors (Lipinski definition) is 2. The number of halogens is 2. The Kier molecular flexibility index (Phi) is 6.86. The highest BCUT2D eigenvalue weighted by molar-refractivity contribution is 5.83. The number of nitrogens with zero attached hydrogens (tertiary/aromatic N) is 4. The second-order valence-corrected chi connectivity index (χ2v) is 9.29. The summed E-state index contributed by atoms with van der Waals surface area (Å²) < 4.78 is 29.7. The van der Waals surface area contributed by atoms with Crippen molar-refractivity contribution >= 4 is 22.8 Å². The summed E-state index contributed by atoms with van der Waals surface area (Å²) in [5, 5.41) is 11.1. The largest absolute Gasteiger partial charge is 0.384 e. The Morgan fingerprint density at radius 1 is 1.11 bits per heavy atom. The molecule has 0 radical (unpaired) electrons. The number of piperazine rings is 1. The minimum absolute atomic E-state index is 0.0572. The van der Waals surface area contributed by atoms with Gasteiger partial charge in [-0.05, 0) is 49.2 Å². The Hall–Kier alpha value is -3.20. The van der Waals surface area contributed by atoms with Crippen LogP contribution in [-0.2, 0) is 4.79 Å². The Morgan fingerprint density at radius 2 is 1.91 bits per heavy atom. The Morgan fingerprint density at radius 3 is 2.63 bits per heavy atom. The van der Waals surface area contributed by atoms with E-state index in [-0.39, 0.29) is 18.4 Å². The molecule has 1 atom stereocenters. The number of likely N-dealkylation sites (N-methyl/N-ethyl adjacent to an activating group) is 1. The van der Waals surface area contributed by atoms with E-state index >= 15 is 0 Å². The van der Waals surface area contributed by atoms with Crippen molar-refractivity contribution < 1.29 is 13.6 Å². The van der Waals surface area contributed by atoms with E-state index in [0.29, 0.717) is 13.1 Å². The Balaban J connectivity index is 1.34. The van der Waals surface area contributed by atoms with Crippen LogP contribution >= 0.6 is 0 Å². The third-order valence-electron chi connectivity index (χ3n) is 6.85. The molecule has 1 saturated heterocycles. The van der Waals surface area contributed by atoms with Crippen molar-refractivity contribution in [3.05, 3.63) is 48.8 Å². The number of benzene rings is 1. The number of fused-ring (bicyclic) bond motifs is 1. The molecule has 186 valence electrons. The molecule has 2 aromatic heterocycles. The molecule has 1 aliphatic carbocycles. The third kappa shape index (κ3) is 5.10. The van der Waals surface area contributed by atoms with Crippen molar-refractivity contribution in [2.75, 3.05) is 49.5 Å². The molecular weight excluding hydrogens is 450 g/mol. The second-order valence-electron chi connectivity index (χ2n) is 9.29. The monoisotopic (exact) mass is 482 g/mol. The number of nitrogens with one attached hydrogen (secondary N) is 2. The lowest BCUT2D eigenvalue weighted by Crippen LogP contribution is -2.58. The Labute approximate surface area is 204 Å². The maximum absolute atomic E-state index is 13.9. The summed E-state index contributed by atoms with van der Waals surface area (Å²) in [6.45, 7) is 5.76. The lowest BCUT2D eigenvalue weighted by atomic mass is 10.1. The summed E-state index contributed by atoms with van der Waals surface area (Å²) in [6, 6.07) is 11.1. The predicted octanol–water partition coefficient (Wildman–Crippen LogP) is 3.72. The van der Waals surface area contributed by atoms with Crippen molar-refractivity contribution in [2.24, 2.45) is 5.92 Å². The molecule has 1 aliphatic heterocycles. The fourth-order valence-electron chi connectivity index (χ4n) is 4.76. The number of carbonyl (C=O) groups excluding carboxylic acids is 1. The van der Waals surface area contributed by atoms with Gasteiger partial charge in [-0.2, -0.15) is 5.10 Å². The molecule has 3 heterocycles. The molecule has 2 N–H and O–H groups in total. The molecule has 0 spiro atoms. The van der Waals surface area contributed by atoms with Crippen LogP contribution in [0.1, 0.15) is 19.8 Å². The van der Waals surface area contributed by atoms with E-state index < -0.39 is 12.5 Å². The Bertz CT molecular complexity index is 1160. The second kappa shape index (κ2) is 10.2. The fraction of sp³-hybridized carbons (Fsp3) is 0.462. The number of aromatic nitrogens is 2. The van der Waals surface area contributed by atoms with Gasteiger partial charge >= 0.3 is 0 Å². The molecule has 9 heteroatoms. The van der Waals surface area contributed by atoms with Gasteiger partial charge in [0.15, 0.2) is 0 Å². The summed E-state index contributed by atoms with van der Waals surface area (Å²) in [5.74, 6) is -0.169. The SMILES string of the molecule is CCNCCNc1ccc(-c2cc3c(N4CCN(C(=O)C5CC5)C(C(F)F)C4)ccnn3c2)cc1. The average Bonchev–Trinajstić information content (AvgIpc) is 3.64. The number of amides is 1. The summed E-state index contributed by atoms with van der Waals surface area (Å²) in [7, 11) is 0. The summed E-state index contributed by atoms with van der Waals surface area (Å²) >= 11 is 0. The van der Waals surface area contributed by atoms with Crippen molar-refractivity contribution in [1.29, 1.82) is 0 Å². The zero-order valence-corrected chi connectivity index (χ0v) is 20.0. The van der Waals surface area contributed by atoms with E-state index in [2.05, 4.69) is 53.0 Å². The van der Waals surface area contributed by atoms with Gasteiger partial charge < -0.3 is 20.4 Å². The first-order chi connectivity index (χ1) is 17.0. The number of alkyl halides is 2. The van der Waals surface area contributed by atoms with E-state index in [1.54, 1.807) is 10.7 Å². The van der Waals surface area contributed by atoms with Crippen LogP contribution in [0.15, 0.2) is 48.8 Å². The molecule has 1 aromatic carbocycles. The minimum Gasteiger partial charge on any atom is -0.384 e. The zero-order valence-electron chi connectivity index (χ0n) is 20.0. The third-order valence-corrected chi connectivity index (χ3v) is 6.85. The molecule has 7 nitrogen and oxygen atoms in total. The molecule has 1 saturated carbocycles. The highest BCUT2D eigenvalue weighted by Gasteiger charge is 2.42. The van der Waals surface area contributed by atoms with E-state index in [1.807, 2.05) is 17.2 Å². The van der Waals surface area contributed by atoms with Crippen LogP contribution in [0.25, 0.3) is 16.6 Å². The van der Waals surface area contributed by atoms with Gasteiger partial charge in [0.05, 0.1) is 11.2 Å². The van der Waals surface area contributed by atoms with E-state index in [9.17, 15) is 13.6 Å². The van der Waals surface area contributed by atoms with E-state index in [4.69, 9.17) is 0 Å². The van der Waals surface area contributed by atoms with Crippen LogP contribution in [0.3, 0.4) is 0 Å². The lowest BCUT2D eigenvalue weighted by Gasteiger charge is -2.42. The van der Waals surface area contributed by atoms with Crippen LogP contribution < -0.4 is 15.5 Å². The first-order valence-electron chi connectivity index (χ1n) is 12.4. The molecule has 0 bridgehead atoms. The quantitative estimate of drug-likeness (QED) is 0.455. The standard InChI is InChI=1S/C26H32F2N6O/c1-2-29-11-12-30-21-7-5-18(6-8-21)20-15-23-22(9-10-31-34(23)16-20)32-13-14-33(24(17-32)25(27)28)26(35)19-3-4-19/h5-10,15-16,19,24-25,29-30H,2-4,11-14,17H2,1H3. The molecule has 2 fully saturated rings. The molecule has 5 rings (SSSR count). The first kappa shape index (κ1) is 23.5. The molecule has 1 unspecified atom stereocenters. The topological polar surface area (TPSA) is 64.9 Å². The number of anilines is 2. The van der Waals surface area contributed by atoms with Crippen LogP contribution in [0.2, 0.25) is 0 Å². The van der Waals surface area contributed by atoms with Crippen molar-refractivity contribution in [2.45, 2.75) is 32.2 Å². The maximum Gasteiger partial charge on any atom is 0.260 e. The fourth-order valence-corrected chi connectivity index (χ4v) is 4.76. The number of rotatable bonds is 9. The highest BCUT2D eigenvalue weighted by atomic mass is 19.3. The minimum atomic E-state index is -2.58. The van der Waals surface area contributed by atoms with E-state index in [1.165, 1.54) is 4.90 Å². The molecule has 35 heavy (non-hydrogen) atoms. The van der Waals surface area contributed by atoms with Gasteiger partial charge in [0.2, 0.25) is 5.91 Å². The van der Waals surface area contributed by atoms with Crippen LogP contribution in [0.4, 0.5) is 20.2 Å².